The summed E-state index contributed by atoms with van der Waals surface area (Å²) in [6, 6.07) is 14.1. The van der Waals surface area contributed by atoms with Gasteiger partial charge in [0, 0.05) is 31.1 Å². The Labute approximate surface area is 184 Å². The van der Waals surface area contributed by atoms with Crippen LogP contribution in [-0.2, 0) is 13.0 Å². The van der Waals surface area contributed by atoms with Gasteiger partial charge in [0.05, 0.1) is 19.8 Å². The summed E-state index contributed by atoms with van der Waals surface area (Å²) in [6.45, 7) is 2.60. The van der Waals surface area contributed by atoms with Gasteiger partial charge in [0.15, 0.2) is 17.3 Å². The number of Topliss-reactive ketones (excluding diaryl/α,β-unsaturated/α-hetero) is 1. The molecule has 4 rings (SSSR count). The number of carbonyl (C=O) groups excluding carboxylic acids is 1. The van der Waals surface area contributed by atoms with Gasteiger partial charge in [-0.3, -0.25) is 9.69 Å². The van der Waals surface area contributed by atoms with Crippen molar-refractivity contribution in [3.05, 3.63) is 59.2 Å². The number of halogens is 1. The van der Waals surface area contributed by atoms with Gasteiger partial charge in [-0.2, -0.15) is 0 Å². The van der Waals surface area contributed by atoms with Gasteiger partial charge in [0.1, 0.15) is 0 Å². The monoisotopic (exact) mass is 431 g/mol. The second-order valence-corrected chi connectivity index (χ2v) is 8.32. The van der Waals surface area contributed by atoms with Gasteiger partial charge in [-0.15, -0.1) is 12.4 Å². The van der Waals surface area contributed by atoms with Crippen LogP contribution in [0.15, 0.2) is 42.5 Å². The summed E-state index contributed by atoms with van der Waals surface area (Å²) in [6.07, 6.45) is 2.58. The van der Waals surface area contributed by atoms with Crippen molar-refractivity contribution < 1.29 is 19.4 Å². The lowest BCUT2D eigenvalue weighted by Crippen LogP contribution is -2.45. The van der Waals surface area contributed by atoms with Crippen LogP contribution in [0, 0.1) is 5.92 Å². The number of fused-ring (bicyclic) bond motifs is 1. The molecule has 1 unspecified atom stereocenters. The lowest BCUT2D eigenvalue weighted by molar-refractivity contribution is -0.0378. The third kappa shape index (κ3) is 4.64. The minimum Gasteiger partial charge on any atom is -0.493 e. The highest BCUT2D eigenvalue weighted by molar-refractivity contribution is 6.03. The molecule has 1 N–H and O–H groups in total. The van der Waals surface area contributed by atoms with E-state index in [4.69, 9.17) is 9.47 Å². The van der Waals surface area contributed by atoms with Crippen LogP contribution >= 0.6 is 12.4 Å². The molecule has 1 aliphatic carbocycles. The largest absolute Gasteiger partial charge is 0.493 e. The summed E-state index contributed by atoms with van der Waals surface area (Å²) in [5, 5.41) is 11.2. The topological polar surface area (TPSA) is 59.0 Å². The van der Waals surface area contributed by atoms with Crippen LogP contribution in [0.4, 0.5) is 0 Å². The number of ether oxygens (including phenoxy) is 2. The highest BCUT2D eigenvalue weighted by Gasteiger charge is 2.40. The molecular weight excluding hydrogens is 402 g/mol. The lowest BCUT2D eigenvalue weighted by Gasteiger charge is -2.39. The number of nitrogens with zero attached hydrogens (tertiary/aromatic N) is 1. The molecule has 30 heavy (non-hydrogen) atoms. The molecule has 0 bridgehead atoms. The molecule has 1 heterocycles. The summed E-state index contributed by atoms with van der Waals surface area (Å²) >= 11 is 0. The normalized spacial score (nSPS) is 20.4. The molecule has 2 aromatic carbocycles. The van der Waals surface area contributed by atoms with Crippen LogP contribution in [0.2, 0.25) is 0 Å². The summed E-state index contributed by atoms with van der Waals surface area (Å²) in [5.74, 6) is 1.16. The first-order valence-electron chi connectivity index (χ1n) is 10.3. The number of methoxy groups -OCH3 is 2. The number of aliphatic hydroxyl groups is 1. The van der Waals surface area contributed by atoms with Crippen LogP contribution in [-0.4, -0.2) is 48.7 Å². The quantitative estimate of drug-likeness (QED) is 0.751. The highest BCUT2D eigenvalue weighted by Crippen LogP contribution is 2.40. The Hall–Kier alpha value is -2.08. The molecule has 0 amide bonds. The third-order valence-electron chi connectivity index (χ3n) is 6.37. The van der Waals surface area contributed by atoms with Gasteiger partial charge in [-0.05, 0) is 48.9 Å². The van der Waals surface area contributed by atoms with Crippen LogP contribution in [0.25, 0.3) is 0 Å². The molecule has 5 nitrogen and oxygen atoms in total. The molecule has 1 atom stereocenters. The molecule has 0 radical (unpaired) electrons. The molecule has 2 aromatic rings. The van der Waals surface area contributed by atoms with E-state index < -0.39 is 5.60 Å². The molecule has 0 aromatic heterocycles. The number of likely N-dealkylation sites (tertiary alicyclic amines) is 1. The van der Waals surface area contributed by atoms with Gasteiger partial charge >= 0.3 is 0 Å². The van der Waals surface area contributed by atoms with Crippen molar-refractivity contribution >= 4 is 18.2 Å². The van der Waals surface area contributed by atoms with Gasteiger partial charge in [0.25, 0.3) is 0 Å². The zero-order chi connectivity index (χ0) is 20.4. The van der Waals surface area contributed by atoms with Crippen molar-refractivity contribution in [1.82, 2.24) is 4.90 Å². The molecule has 1 aliphatic heterocycles. The summed E-state index contributed by atoms with van der Waals surface area (Å²) in [5.41, 5.74) is 2.21. The van der Waals surface area contributed by atoms with E-state index in [1.54, 1.807) is 20.3 Å². The number of benzene rings is 2. The van der Waals surface area contributed by atoms with E-state index in [-0.39, 0.29) is 24.1 Å². The Morgan fingerprint density at radius 1 is 1.07 bits per heavy atom. The van der Waals surface area contributed by atoms with Crippen LogP contribution in [0.1, 0.15) is 40.7 Å². The second-order valence-electron chi connectivity index (χ2n) is 8.32. The van der Waals surface area contributed by atoms with Crippen molar-refractivity contribution in [3.63, 3.8) is 0 Å². The first kappa shape index (κ1) is 22.6. The molecule has 1 fully saturated rings. The zero-order valence-electron chi connectivity index (χ0n) is 17.6. The van der Waals surface area contributed by atoms with Crippen molar-refractivity contribution in [2.75, 3.05) is 27.3 Å². The smallest absolute Gasteiger partial charge is 0.166 e. The van der Waals surface area contributed by atoms with Crippen LogP contribution in [0.5, 0.6) is 11.5 Å². The average Bonchev–Trinajstić information content (AvgIpc) is 3.03. The van der Waals surface area contributed by atoms with E-state index in [0.717, 1.165) is 25.2 Å². The van der Waals surface area contributed by atoms with E-state index in [1.807, 2.05) is 12.1 Å². The minimum atomic E-state index is -0.774. The number of hydrogen-bond donors (Lipinski definition) is 1. The molecule has 162 valence electrons. The molecule has 1 saturated heterocycles. The maximum atomic E-state index is 13.0. The zero-order valence-corrected chi connectivity index (χ0v) is 18.4. The molecule has 0 spiro atoms. The van der Waals surface area contributed by atoms with Gasteiger partial charge in [-0.1, -0.05) is 30.3 Å². The number of rotatable bonds is 6. The number of hydrogen-bond acceptors (Lipinski definition) is 5. The summed E-state index contributed by atoms with van der Waals surface area (Å²) in [4.78, 5) is 15.3. The standard InChI is InChI=1S/C24H29NO4.ClH/c1-28-21-13-18-12-19(23(26)20(18)14-22(21)29-2)15-24(27)8-10-25(11-9-24)16-17-6-4-3-5-7-17;/h3-7,13-14,19,27H,8-12,15-16H2,1-2H3;1H. The van der Waals surface area contributed by atoms with E-state index in [0.29, 0.717) is 42.7 Å². The summed E-state index contributed by atoms with van der Waals surface area (Å²) in [7, 11) is 3.18. The Morgan fingerprint density at radius 3 is 2.33 bits per heavy atom. The van der Waals surface area contributed by atoms with Gasteiger partial charge in [0.2, 0.25) is 0 Å². The number of carbonyl (C=O) groups is 1. The van der Waals surface area contributed by atoms with E-state index in [9.17, 15) is 9.90 Å². The maximum Gasteiger partial charge on any atom is 0.166 e. The SMILES string of the molecule is COc1cc2c(cc1OC)C(=O)C(CC1(O)CCN(Cc3ccccc3)CC1)C2.Cl. The van der Waals surface area contributed by atoms with Crippen molar-refractivity contribution in [1.29, 1.82) is 0 Å². The van der Waals surface area contributed by atoms with E-state index in [1.165, 1.54) is 5.56 Å². The highest BCUT2D eigenvalue weighted by atomic mass is 35.5. The third-order valence-corrected chi connectivity index (χ3v) is 6.37. The Kier molecular flexibility index (Phi) is 7.06. The fourth-order valence-corrected chi connectivity index (χ4v) is 4.69. The molecule has 2 aliphatic rings. The minimum absolute atomic E-state index is 0. The average molecular weight is 432 g/mol. The predicted octanol–water partition coefficient (Wildman–Crippen LogP) is 3.90. The lowest BCUT2D eigenvalue weighted by atomic mass is 9.81. The first-order valence-corrected chi connectivity index (χ1v) is 10.3. The predicted molar refractivity (Wildman–Crippen MR) is 119 cm³/mol. The van der Waals surface area contributed by atoms with Crippen LogP contribution in [0.3, 0.4) is 0 Å². The Morgan fingerprint density at radius 2 is 1.70 bits per heavy atom. The fourth-order valence-electron chi connectivity index (χ4n) is 4.69. The van der Waals surface area contributed by atoms with E-state index >= 15 is 0 Å². The van der Waals surface area contributed by atoms with Crippen molar-refractivity contribution in [2.24, 2.45) is 5.92 Å². The number of ketones is 1. The fraction of sp³-hybridized carbons (Fsp3) is 0.458. The van der Waals surface area contributed by atoms with Crippen molar-refractivity contribution in [3.8, 4) is 11.5 Å². The van der Waals surface area contributed by atoms with E-state index in [2.05, 4.69) is 29.2 Å². The van der Waals surface area contributed by atoms with Crippen LogP contribution < -0.4 is 9.47 Å². The van der Waals surface area contributed by atoms with Crippen molar-refractivity contribution in [2.45, 2.75) is 37.8 Å². The van der Waals surface area contributed by atoms with Gasteiger partial charge < -0.3 is 14.6 Å². The Bertz CT molecular complexity index is 878. The molecule has 6 heteroatoms. The second kappa shape index (κ2) is 9.38. The van der Waals surface area contributed by atoms with Gasteiger partial charge in [-0.25, -0.2) is 0 Å². The Balaban J connectivity index is 0.00000256. The first-order chi connectivity index (χ1) is 14.0. The molecule has 0 saturated carbocycles. The maximum absolute atomic E-state index is 13.0. The number of piperidine rings is 1. The molecular formula is C24H30ClNO4. The summed E-state index contributed by atoms with van der Waals surface area (Å²) < 4.78 is 10.7.